The van der Waals surface area contributed by atoms with Crippen LogP contribution in [0.3, 0.4) is 0 Å². The summed E-state index contributed by atoms with van der Waals surface area (Å²) >= 11 is 6.57. The minimum atomic E-state index is -0.897. The molecule has 4 saturated carbocycles. The highest BCUT2D eigenvalue weighted by Gasteiger charge is 2.55. The molecule has 0 spiro atoms. The lowest BCUT2D eigenvalue weighted by Crippen LogP contribution is -2.27. The van der Waals surface area contributed by atoms with Crippen molar-refractivity contribution in [1.29, 1.82) is 15.8 Å². The fourth-order valence-corrected chi connectivity index (χ4v) is 12.9. The van der Waals surface area contributed by atoms with Crippen molar-refractivity contribution in [1.82, 2.24) is 0 Å². The molecule has 8 nitrogen and oxygen atoms in total. The van der Waals surface area contributed by atoms with Gasteiger partial charge in [-0.05, 0) is 171 Å². The van der Waals surface area contributed by atoms with Gasteiger partial charge in [0.2, 0.25) is 0 Å². The lowest BCUT2D eigenvalue weighted by atomic mass is 9.74. The molecule has 0 aromatic heterocycles. The normalized spacial score (nSPS) is 25.3. The number of alkyl halides is 2. The van der Waals surface area contributed by atoms with Crippen molar-refractivity contribution in [2.45, 2.75) is 204 Å². The van der Waals surface area contributed by atoms with Gasteiger partial charge in [0, 0.05) is 22.2 Å². The molecule has 9 rings (SSSR count). The van der Waals surface area contributed by atoms with Crippen molar-refractivity contribution in [3.63, 3.8) is 0 Å². The fraction of sp³-hybridized carbons (Fsp3) is 0.594. The van der Waals surface area contributed by atoms with E-state index in [0.717, 1.165) is 129 Å². The number of halogens is 2. The number of nitriles is 3. The summed E-state index contributed by atoms with van der Waals surface area (Å²) < 4.78 is 0. The first-order valence-corrected chi connectivity index (χ1v) is 29.8. The Morgan fingerprint density at radius 2 is 1.22 bits per heavy atom. The molecule has 388 valence electrons. The molecule has 0 saturated heterocycles. The van der Waals surface area contributed by atoms with Gasteiger partial charge in [0.25, 0.3) is 11.4 Å². The molecule has 0 heterocycles. The van der Waals surface area contributed by atoms with Gasteiger partial charge in [-0.25, -0.2) is 49.6 Å². The van der Waals surface area contributed by atoms with E-state index < -0.39 is 11.2 Å². The Morgan fingerprint density at radius 3 is 1.73 bits per heavy atom. The van der Waals surface area contributed by atoms with Gasteiger partial charge in [0.15, 0.2) is 6.07 Å². The molecule has 74 heavy (non-hydrogen) atoms. The Balaban J connectivity index is 0.000000202. The van der Waals surface area contributed by atoms with Crippen LogP contribution >= 0.6 is 31.9 Å². The third kappa shape index (κ3) is 17.3. The van der Waals surface area contributed by atoms with E-state index in [1.165, 1.54) is 94.6 Å². The zero-order valence-corrected chi connectivity index (χ0v) is 47.3. The summed E-state index contributed by atoms with van der Waals surface area (Å²) in [6.45, 7) is 43.8. The van der Waals surface area contributed by atoms with E-state index in [-0.39, 0.29) is 0 Å². The second kappa shape index (κ2) is 33.5. The molecule has 9 aliphatic carbocycles. The average Bonchev–Trinajstić information content (AvgIpc) is 4.34. The SMILES string of the molecule is BrCC1=CCCCC1.C=CCBr.[C-]#[N+]/C(C#N)=C1\CCC[C@@H]1[C@H]1CCCCC1=C.[C-]#[N+]C(C#N)(CC1=CCCCC1)C1=CCCC1.[C-]#[N+]C(C#N)=C1CCCC1.[C-]#[N+]C1([N+]#[C-])CC=C2CCCC[C@@H]2[C@H]2CCC=C21. The van der Waals surface area contributed by atoms with Gasteiger partial charge in [0.05, 0.1) is 31.7 Å². The van der Waals surface area contributed by atoms with E-state index in [4.69, 9.17) is 43.4 Å². The highest BCUT2D eigenvalue weighted by molar-refractivity contribution is 9.09. The number of hydrogen-bond acceptors (Lipinski definition) is 3. The van der Waals surface area contributed by atoms with Gasteiger partial charge < -0.3 is 0 Å². The van der Waals surface area contributed by atoms with Crippen molar-refractivity contribution < 1.29 is 0 Å². The first-order chi connectivity index (χ1) is 36.1. The van der Waals surface area contributed by atoms with Crippen molar-refractivity contribution in [2.75, 3.05) is 10.7 Å². The predicted octanol–water partition coefficient (Wildman–Crippen LogP) is 19.5. The summed E-state index contributed by atoms with van der Waals surface area (Å²) in [5.41, 5.74) is 9.13. The molecule has 0 aromatic carbocycles. The highest BCUT2D eigenvalue weighted by Crippen LogP contribution is 2.51. The molecule has 5 atom stereocenters. The molecule has 1 unspecified atom stereocenters. The number of hydrogen-bond donors (Lipinski definition) is 0. The monoisotopic (exact) mass is 1120 g/mol. The summed E-state index contributed by atoms with van der Waals surface area (Å²) in [4.78, 5) is 17.7. The second-order valence-electron chi connectivity index (χ2n) is 20.9. The molecule has 0 bridgehead atoms. The van der Waals surface area contributed by atoms with E-state index in [1.807, 2.05) is 6.07 Å². The van der Waals surface area contributed by atoms with Crippen molar-refractivity contribution in [2.24, 2.45) is 23.7 Å². The van der Waals surface area contributed by atoms with E-state index in [1.54, 1.807) is 17.2 Å². The van der Waals surface area contributed by atoms with Crippen LogP contribution in [-0.4, -0.2) is 21.9 Å². The molecular formula is C64H78Br2N8. The largest absolute Gasteiger partial charge is 0.509 e. The third-order valence-corrected chi connectivity index (χ3v) is 17.5. The number of rotatable bonds is 6. The quantitative estimate of drug-likeness (QED) is 0.115. The highest BCUT2D eigenvalue weighted by atomic mass is 79.9. The van der Waals surface area contributed by atoms with Crippen molar-refractivity contribution in [3.8, 4) is 18.2 Å². The van der Waals surface area contributed by atoms with E-state index in [2.05, 4.69) is 112 Å². The van der Waals surface area contributed by atoms with Crippen molar-refractivity contribution >= 4 is 31.9 Å². The van der Waals surface area contributed by atoms with Gasteiger partial charge in [-0.2, -0.15) is 5.26 Å². The van der Waals surface area contributed by atoms with Crippen LogP contribution in [0.5, 0.6) is 0 Å². The Labute approximate surface area is 463 Å². The summed E-state index contributed by atoms with van der Waals surface area (Å²) in [5.74, 6) is 2.10. The molecular weight excluding hydrogens is 1040 g/mol. The second-order valence-corrected chi connectivity index (χ2v) is 22.1. The molecule has 0 aliphatic heterocycles. The van der Waals surface area contributed by atoms with Crippen LogP contribution in [0.25, 0.3) is 24.2 Å². The zero-order chi connectivity index (χ0) is 53.6. The van der Waals surface area contributed by atoms with Gasteiger partial charge >= 0.3 is 11.2 Å². The Morgan fingerprint density at radius 1 is 0.622 bits per heavy atom. The van der Waals surface area contributed by atoms with E-state index >= 15 is 0 Å². The van der Waals surface area contributed by atoms with Gasteiger partial charge in [-0.3, -0.25) is 4.85 Å². The lowest BCUT2D eigenvalue weighted by molar-refractivity contribution is 0.344. The maximum absolute atomic E-state index is 9.44. The van der Waals surface area contributed by atoms with Crippen LogP contribution in [0, 0.1) is 90.5 Å². The topological polar surface area (TPSA) is 93.2 Å². The summed E-state index contributed by atoms with van der Waals surface area (Å²) in [6, 6.07) is 6.28. The van der Waals surface area contributed by atoms with Gasteiger partial charge in [-0.15, -0.1) is 6.58 Å². The minimum absolute atomic E-state index is 0.331. The molecule has 9 aliphatic rings. The van der Waals surface area contributed by atoms with Crippen LogP contribution in [-0.2, 0) is 0 Å². The maximum Gasteiger partial charge on any atom is 0.509 e. The third-order valence-electron chi connectivity index (χ3n) is 16.4. The van der Waals surface area contributed by atoms with E-state index in [9.17, 15) is 5.26 Å². The lowest BCUT2D eigenvalue weighted by Gasteiger charge is -2.31. The zero-order valence-electron chi connectivity index (χ0n) is 44.1. The Bertz CT molecular complexity index is 2460. The summed E-state index contributed by atoms with van der Waals surface area (Å²) in [7, 11) is 0. The first kappa shape index (κ1) is 61.1. The number of nitrogens with zero attached hydrogens (tertiary/aromatic N) is 8. The molecule has 0 amide bonds. The van der Waals surface area contributed by atoms with Crippen LogP contribution in [0.2, 0.25) is 0 Å². The van der Waals surface area contributed by atoms with Crippen LogP contribution in [0.4, 0.5) is 0 Å². The van der Waals surface area contributed by atoms with Gasteiger partial charge in [-0.1, -0.05) is 135 Å². The molecule has 4 fully saturated rings. The maximum atomic E-state index is 9.44. The molecule has 10 heteroatoms. The Hall–Kier alpha value is -5.46. The Kier molecular flexibility index (Phi) is 27.6. The fourth-order valence-electron chi connectivity index (χ4n) is 12.4. The number of allylic oxidation sites excluding steroid dienone is 12. The number of fused-ring (bicyclic) bond motifs is 3. The smallest absolute Gasteiger partial charge is 0.289 e. The minimum Gasteiger partial charge on any atom is -0.289 e. The van der Waals surface area contributed by atoms with Crippen LogP contribution in [0.15, 0.2) is 106 Å². The average molecular weight is 1120 g/mol. The molecule has 0 radical (unpaired) electrons. The predicted molar refractivity (Wildman–Crippen MR) is 309 cm³/mol. The van der Waals surface area contributed by atoms with Crippen LogP contribution < -0.4 is 0 Å². The summed E-state index contributed by atoms with van der Waals surface area (Å²) in [6.07, 6.45) is 47.0. The summed E-state index contributed by atoms with van der Waals surface area (Å²) in [5, 5.41) is 28.9. The van der Waals surface area contributed by atoms with Crippen molar-refractivity contribution in [3.05, 3.63) is 163 Å². The standard InChI is InChI=1S/C16H18N2.2C15H18N2.C8H8N2.C7H11Br.C3H5Br/c1-17-16(18-2)11-10-12-6-3-4-7-13(12)14-8-5-9-15(14)16;1-11-6-3-4-7-12(11)13-8-5-9-14(13)15(10-16)17-2;1-17-15(12-16,14-9-5-6-10-14)11-13-7-3-2-4-8-13;1-10-8(6-9)7-4-2-3-5-7;8-6-7-4-2-1-3-5-7;1-2-3-4/h9-10,13-14H,3-8,11H2;12-13H,1,3-9H2;7,9H,2-6,8,10-11H2;2-5H2;4H,1-3,5-6H2;2H,1,3H2/b;15-14+;;;;/t13-,14+;12-,13+;;;;/m00..../s1. The molecule has 0 aromatic rings. The van der Waals surface area contributed by atoms with Crippen LogP contribution in [0.1, 0.15) is 193 Å². The molecule has 0 N–H and O–H groups in total. The first-order valence-electron chi connectivity index (χ1n) is 27.5. The van der Waals surface area contributed by atoms with Gasteiger partial charge in [0.1, 0.15) is 12.0 Å². The van der Waals surface area contributed by atoms with E-state index in [0.29, 0.717) is 47.9 Å².